The summed E-state index contributed by atoms with van der Waals surface area (Å²) in [5.74, 6) is 1.22. The Morgan fingerprint density at radius 2 is 2.07 bits per heavy atom. The summed E-state index contributed by atoms with van der Waals surface area (Å²) >= 11 is 0. The molecule has 1 aromatic carbocycles. The normalized spacial score (nSPS) is 21.2. The molecular formula is C23H27N3O4. The predicted octanol–water partition coefficient (Wildman–Crippen LogP) is 2.81. The minimum atomic E-state index is -0.321. The van der Waals surface area contributed by atoms with Gasteiger partial charge in [0.05, 0.1) is 38.4 Å². The lowest BCUT2D eigenvalue weighted by atomic mass is 10.0. The first-order chi connectivity index (χ1) is 14.6. The van der Waals surface area contributed by atoms with Crippen LogP contribution in [0.15, 0.2) is 42.6 Å². The summed E-state index contributed by atoms with van der Waals surface area (Å²) in [6.45, 7) is 1.57. The minimum Gasteiger partial charge on any atom is -0.497 e. The van der Waals surface area contributed by atoms with Gasteiger partial charge in [0.2, 0.25) is 11.8 Å². The van der Waals surface area contributed by atoms with Gasteiger partial charge in [0.15, 0.2) is 0 Å². The van der Waals surface area contributed by atoms with E-state index in [1.807, 2.05) is 41.3 Å². The summed E-state index contributed by atoms with van der Waals surface area (Å²) < 4.78 is 10.9. The zero-order valence-electron chi connectivity index (χ0n) is 17.4. The number of methoxy groups -OCH3 is 2. The van der Waals surface area contributed by atoms with Gasteiger partial charge in [0, 0.05) is 31.3 Å². The van der Waals surface area contributed by atoms with E-state index in [1.54, 1.807) is 25.3 Å². The minimum absolute atomic E-state index is 0.00807. The van der Waals surface area contributed by atoms with Crippen LogP contribution in [0.1, 0.15) is 36.6 Å². The molecule has 7 nitrogen and oxygen atoms in total. The van der Waals surface area contributed by atoms with E-state index in [0.717, 1.165) is 35.6 Å². The van der Waals surface area contributed by atoms with Gasteiger partial charge in [-0.3, -0.25) is 14.6 Å². The van der Waals surface area contributed by atoms with E-state index >= 15 is 0 Å². The molecule has 4 rings (SSSR count). The fourth-order valence-electron chi connectivity index (χ4n) is 4.47. The topological polar surface area (TPSA) is 72.0 Å². The standard InChI is InChI=1S/C23H27N3O4/c1-29-18-8-9-21(30-2)19(13-18)20-7-5-11-26(20)23(28)16-12-22(27)25(14-16)15-17-6-3-4-10-24-17/h3-4,6,8-10,13,16,20H,5,7,11-12,14-15H2,1-2H3. The Hall–Kier alpha value is -3.09. The van der Waals surface area contributed by atoms with Crippen LogP contribution >= 0.6 is 0 Å². The molecule has 1 aromatic heterocycles. The van der Waals surface area contributed by atoms with Crippen molar-refractivity contribution in [2.45, 2.75) is 31.8 Å². The number of benzene rings is 1. The number of nitrogens with zero attached hydrogens (tertiary/aromatic N) is 3. The molecule has 7 heteroatoms. The lowest BCUT2D eigenvalue weighted by Crippen LogP contribution is -2.37. The van der Waals surface area contributed by atoms with E-state index < -0.39 is 0 Å². The molecular weight excluding hydrogens is 382 g/mol. The van der Waals surface area contributed by atoms with E-state index in [1.165, 1.54) is 0 Å². The van der Waals surface area contributed by atoms with Crippen LogP contribution in [0.2, 0.25) is 0 Å². The number of pyridine rings is 1. The van der Waals surface area contributed by atoms with E-state index in [2.05, 4.69) is 4.98 Å². The van der Waals surface area contributed by atoms with Crippen molar-refractivity contribution < 1.29 is 19.1 Å². The molecule has 2 fully saturated rings. The van der Waals surface area contributed by atoms with Gasteiger partial charge in [-0.2, -0.15) is 0 Å². The summed E-state index contributed by atoms with van der Waals surface area (Å²) in [6, 6.07) is 11.3. The Bertz CT molecular complexity index is 918. The summed E-state index contributed by atoms with van der Waals surface area (Å²) in [5.41, 5.74) is 1.79. The van der Waals surface area contributed by atoms with Crippen LogP contribution in [-0.4, -0.2) is 53.9 Å². The number of amides is 2. The number of carbonyl (C=O) groups excluding carboxylic acids is 2. The van der Waals surface area contributed by atoms with Gasteiger partial charge >= 0.3 is 0 Å². The maximum absolute atomic E-state index is 13.4. The molecule has 2 amide bonds. The molecule has 0 saturated carbocycles. The molecule has 0 aliphatic carbocycles. The van der Waals surface area contributed by atoms with E-state index in [0.29, 0.717) is 19.6 Å². The number of carbonyl (C=O) groups is 2. The third-order valence-electron chi connectivity index (χ3n) is 5.97. The van der Waals surface area contributed by atoms with Crippen LogP contribution in [-0.2, 0) is 16.1 Å². The smallest absolute Gasteiger partial charge is 0.228 e. The molecule has 30 heavy (non-hydrogen) atoms. The molecule has 158 valence electrons. The quantitative estimate of drug-likeness (QED) is 0.734. The third kappa shape index (κ3) is 3.97. The highest BCUT2D eigenvalue weighted by atomic mass is 16.5. The van der Waals surface area contributed by atoms with Gasteiger partial charge in [-0.25, -0.2) is 0 Å². The Kier molecular flexibility index (Phi) is 5.88. The number of ether oxygens (including phenoxy) is 2. The van der Waals surface area contributed by atoms with Crippen molar-refractivity contribution in [3.05, 3.63) is 53.9 Å². The maximum Gasteiger partial charge on any atom is 0.228 e. The molecule has 0 spiro atoms. The largest absolute Gasteiger partial charge is 0.497 e. The molecule has 2 atom stereocenters. The second-order valence-electron chi connectivity index (χ2n) is 7.79. The number of hydrogen-bond donors (Lipinski definition) is 0. The summed E-state index contributed by atoms with van der Waals surface area (Å²) in [4.78, 5) is 33.9. The molecule has 2 aromatic rings. The molecule has 3 heterocycles. The highest BCUT2D eigenvalue weighted by Crippen LogP contribution is 2.40. The van der Waals surface area contributed by atoms with Crippen molar-refractivity contribution in [2.75, 3.05) is 27.3 Å². The molecule has 0 bridgehead atoms. The molecule has 0 radical (unpaired) electrons. The number of aromatic nitrogens is 1. The van der Waals surface area contributed by atoms with Crippen LogP contribution in [0.3, 0.4) is 0 Å². The fourth-order valence-corrected chi connectivity index (χ4v) is 4.47. The first kappa shape index (κ1) is 20.2. The molecule has 0 N–H and O–H groups in total. The number of rotatable bonds is 6. The summed E-state index contributed by atoms with van der Waals surface area (Å²) in [5, 5.41) is 0. The summed E-state index contributed by atoms with van der Waals surface area (Å²) in [6.07, 6.45) is 3.77. The second kappa shape index (κ2) is 8.73. The van der Waals surface area contributed by atoms with Crippen LogP contribution in [0, 0.1) is 5.92 Å². The van der Waals surface area contributed by atoms with E-state index in [4.69, 9.17) is 9.47 Å². The van der Waals surface area contributed by atoms with Gasteiger partial charge < -0.3 is 19.3 Å². The molecule has 2 saturated heterocycles. The van der Waals surface area contributed by atoms with Crippen molar-refractivity contribution in [1.29, 1.82) is 0 Å². The Morgan fingerprint density at radius 1 is 1.20 bits per heavy atom. The van der Waals surface area contributed by atoms with E-state index in [-0.39, 0.29) is 30.2 Å². The molecule has 2 unspecified atom stereocenters. The van der Waals surface area contributed by atoms with Gasteiger partial charge in [0.1, 0.15) is 11.5 Å². The van der Waals surface area contributed by atoms with Crippen molar-refractivity contribution in [3.63, 3.8) is 0 Å². The maximum atomic E-state index is 13.4. The van der Waals surface area contributed by atoms with Crippen molar-refractivity contribution >= 4 is 11.8 Å². The van der Waals surface area contributed by atoms with Crippen LogP contribution in [0.4, 0.5) is 0 Å². The van der Waals surface area contributed by atoms with Crippen LogP contribution in [0.25, 0.3) is 0 Å². The van der Waals surface area contributed by atoms with Crippen LogP contribution in [0.5, 0.6) is 11.5 Å². The first-order valence-electron chi connectivity index (χ1n) is 10.3. The Labute approximate surface area is 176 Å². The highest BCUT2D eigenvalue weighted by molar-refractivity contribution is 5.89. The predicted molar refractivity (Wildman–Crippen MR) is 111 cm³/mol. The van der Waals surface area contributed by atoms with Crippen molar-refractivity contribution in [1.82, 2.24) is 14.8 Å². The van der Waals surface area contributed by atoms with Gasteiger partial charge in [-0.1, -0.05) is 6.07 Å². The Morgan fingerprint density at radius 3 is 2.80 bits per heavy atom. The fraction of sp³-hybridized carbons (Fsp3) is 0.435. The zero-order valence-corrected chi connectivity index (χ0v) is 17.4. The van der Waals surface area contributed by atoms with Crippen molar-refractivity contribution in [2.24, 2.45) is 5.92 Å². The molecule has 2 aliphatic heterocycles. The molecule has 2 aliphatic rings. The lowest BCUT2D eigenvalue weighted by molar-refractivity contribution is -0.136. The van der Waals surface area contributed by atoms with Crippen molar-refractivity contribution in [3.8, 4) is 11.5 Å². The average molecular weight is 409 g/mol. The summed E-state index contributed by atoms with van der Waals surface area (Å²) in [7, 11) is 3.26. The van der Waals surface area contributed by atoms with Crippen LogP contribution < -0.4 is 9.47 Å². The highest BCUT2D eigenvalue weighted by Gasteiger charge is 2.40. The SMILES string of the molecule is COc1ccc(OC)c(C2CCCN2C(=O)C2CC(=O)N(Cc3ccccn3)C2)c1. The average Bonchev–Trinajstić information content (AvgIpc) is 3.40. The van der Waals surface area contributed by atoms with E-state index in [9.17, 15) is 9.59 Å². The number of likely N-dealkylation sites (tertiary alicyclic amines) is 2. The first-order valence-corrected chi connectivity index (χ1v) is 10.3. The lowest BCUT2D eigenvalue weighted by Gasteiger charge is -2.29. The number of hydrogen-bond acceptors (Lipinski definition) is 5. The van der Waals surface area contributed by atoms with Gasteiger partial charge in [-0.05, 0) is 43.2 Å². The Balaban J connectivity index is 1.50. The van der Waals surface area contributed by atoms with Gasteiger partial charge in [0.25, 0.3) is 0 Å². The zero-order chi connectivity index (χ0) is 21.1. The van der Waals surface area contributed by atoms with Gasteiger partial charge in [-0.15, -0.1) is 0 Å². The second-order valence-corrected chi connectivity index (χ2v) is 7.79. The monoisotopic (exact) mass is 409 g/mol. The third-order valence-corrected chi connectivity index (χ3v) is 5.97.